The summed E-state index contributed by atoms with van der Waals surface area (Å²) in [5, 5.41) is 2.92. The van der Waals surface area contributed by atoms with E-state index in [1.165, 1.54) is 11.1 Å². The zero-order chi connectivity index (χ0) is 16.2. The number of nitrogens with two attached hydrogens (primary N) is 1. The molecule has 0 spiro atoms. The van der Waals surface area contributed by atoms with Crippen LogP contribution in [-0.2, 0) is 17.8 Å². The lowest BCUT2D eigenvalue weighted by molar-refractivity contribution is -0.117. The average molecular weight is 325 g/mol. The van der Waals surface area contributed by atoms with Gasteiger partial charge in [0, 0.05) is 18.7 Å². The molecule has 0 bridgehead atoms. The van der Waals surface area contributed by atoms with Gasteiger partial charge >= 0.3 is 0 Å². The maximum atomic E-state index is 12.3. The van der Waals surface area contributed by atoms with Crippen LogP contribution in [0.5, 0.6) is 0 Å². The molecule has 1 amide bonds. The van der Waals surface area contributed by atoms with E-state index >= 15 is 0 Å². The van der Waals surface area contributed by atoms with Crippen molar-refractivity contribution in [2.75, 3.05) is 18.4 Å². The average Bonchev–Trinajstić information content (AvgIpc) is 2.55. The Morgan fingerprint density at radius 1 is 1.13 bits per heavy atom. The SMILES string of the molecule is NC(=S)c1ccccc1NC(=O)CN1CCc2ccccc2C1. The molecule has 1 heterocycles. The van der Waals surface area contributed by atoms with Gasteiger partial charge < -0.3 is 11.1 Å². The van der Waals surface area contributed by atoms with E-state index in [2.05, 4.69) is 28.4 Å². The van der Waals surface area contributed by atoms with Crippen LogP contribution in [0, 0.1) is 0 Å². The largest absolute Gasteiger partial charge is 0.389 e. The van der Waals surface area contributed by atoms with Crippen LogP contribution in [0.25, 0.3) is 0 Å². The number of thiocarbonyl (C=S) groups is 1. The predicted molar refractivity (Wildman–Crippen MR) is 96.4 cm³/mol. The summed E-state index contributed by atoms with van der Waals surface area (Å²) >= 11 is 5.02. The molecule has 2 aromatic carbocycles. The van der Waals surface area contributed by atoms with Crippen molar-refractivity contribution in [3.63, 3.8) is 0 Å². The van der Waals surface area contributed by atoms with Gasteiger partial charge in [-0.2, -0.15) is 0 Å². The fraction of sp³-hybridized carbons (Fsp3) is 0.222. The number of para-hydroxylation sites is 1. The number of fused-ring (bicyclic) bond motifs is 1. The van der Waals surface area contributed by atoms with Crippen molar-refractivity contribution in [1.82, 2.24) is 4.90 Å². The second-order valence-corrected chi connectivity index (χ2v) is 6.13. The van der Waals surface area contributed by atoms with Crippen molar-refractivity contribution in [2.45, 2.75) is 13.0 Å². The number of rotatable bonds is 4. The van der Waals surface area contributed by atoms with Crippen LogP contribution in [-0.4, -0.2) is 28.9 Å². The zero-order valence-electron chi connectivity index (χ0n) is 12.8. The van der Waals surface area contributed by atoms with Crippen molar-refractivity contribution in [1.29, 1.82) is 0 Å². The van der Waals surface area contributed by atoms with Gasteiger partial charge in [-0.05, 0) is 29.7 Å². The molecule has 0 aliphatic carbocycles. The lowest BCUT2D eigenvalue weighted by Crippen LogP contribution is -2.37. The minimum Gasteiger partial charge on any atom is -0.389 e. The molecule has 3 rings (SSSR count). The first kappa shape index (κ1) is 15.6. The van der Waals surface area contributed by atoms with E-state index in [0.717, 1.165) is 19.5 Å². The number of nitrogens with one attached hydrogen (secondary N) is 1. The van der Waals surface area contributed by atoms with Gasteiger partial charge in [-0.3, -0.25) is 9.69 Å². The van der Waals surface area contributed by atoms with Gasteiger partial charge in [-0.25, -0.2) is 0 Å². The molecule has 0 saturated heterocycles. The van der Waals surface area contributed by atoms with Crippen LogP contribution in [0.15, 0.2) is 48.5 Å². The molecule has 0 fully saturated rings. The van der Waals surface area contributed by atoms with E-state index in [9.17, 15) is 4.79 Å². The molecule has 1 aliphatic rings. The second kappa shape index (κ2) is 6.89. The monoisotopic (exact) mass is 325 g/mol. The number of hydrogen-bond donors (Lipinski definition) is 2. The molecular formula is C18H19N3OS. The first-order chi connectivity index (χ1) is 11.1. The number of amides is 1. The summed E-state index contributed by atoms with van der Waals surface area (Å²) in [6, 6.07) is 15.7. The zero-order valence-corrected chi connectivity index (χ0v) is 13.6. The Morgan fingerprint density at radius 3 is 2.61 bits per heavy atom. The van der Waals surface area contributed by atoms with Gasteiger partial charge in [0.1, 0.15) is 4.99 Å². The molecule has 0 radical (unpaired) electrons. The first-order valence-electron chi connectivity index (χ1n) is 7.61. The Bertz CT molecular complexity index is 745. The van der Waals surface area contributed by atoms with Crippen LogP contribution >= 0.6 is 12.2 Å². The Morgan fingerprint density at radius 2 is 1.83 bits per heavy atom. The summed E-state index contributed by atoms with van der Waals surface area (Å²) in [5.41, 5.74) is 9.74. The third-order valence-corrected chi connectivity index (χ3v) is 4.26. The fourth-order valence-corrected chi connectivity index (χ4v) is 3.07. The summed E-state index contributed by atoms with van der Waals surface area (Å²) in [6.07, 6.45) is 0.979. The van der Waals surface area contributed by atoms with Gasteiger partial charge in [0.05, 0.1) is 12.2 Å². The molecule has 23 heavy (non-hydrogen) atoms. The molecule has 0 unspecified atom stereocenters. The molecule has 0 saturated carbocycles. The van der Waals surface area contributed by atoms with Gasteiger partial charge in [-0.1, -0.05) is 48.6 Å². The lowest BCUT2D eigenvalue weighted by Gasteiger charge is -2.28. The maximum Gasteiger partial charge on any atom is 0.238 e. The summed E-state index contributed by atoms with van der Waals surface area (Å²) in [4.78, 5) is 14.8. The van der Waals surface area contributed by atoms with Crippen molar-refractivity contribution in [2.24, 2.45) is 5.73 Å². The van der Waals surface area contributed by atoms with E-state index in [1.54, 1.807) is 0 Å². The summed E-state index contributed by atoms with van der Waals surface area (Å²) < 4.78 is 0. The van der Waals surface area contributed by atoms with E-state index in [4.69, 9.17) is 18.0 Å². The topological polar surface area (TPSA) is 58.4 Å². The molecule has 1 aliphatic heterocycles. The van der Waals surface area contributed by atoms with Crippen LogP contribution in [0.2, 0.25) is 0 Å². The Balaban J connectivity index is 1.64. The highest BCUT2D eigenvalue weighted by atomic mass is 32.1. The van der Waals surface area contributed by atoms with Crippen LogP contribution in [0.3, 0.4) is 0 Å². The summed E-state index contributed by atoms with van der Waals surface area (Å²) in [5.74, 6) is -0.0481. The molecule has 0 aromatic heterocycles. The maximum absolute atomic E-state index is 12.3. The number of carbonyl (C=O) groups excluding carboxylic acids is 1. The highest BCUT2D eigenvalue weighted by Crippen LogP contribution is 2.19. The molecule has 5 heteroatoms. The number of carbonyl (C=O) groups is 1. The number of benzene rings is 2. The van der Waals surface area contributed by atoms with E-state index in [-0.39, 0.29) is 10.9 Å². The predicted octanol–water partition coefficient (Wildman–Crippen LogP) is 2.32. The van der Waals surface area contributed by atoms with E-state index < -0.39 is 0 Å². The summed E-state index contributed by atoms with van der Waals surface area (Å²) in [6.45, 7) is 2.06. The van der Waals surface area contributed by atoms with Crippen molar-refractivity contribution in [3.8, 4) is 0 Å². The standard InChI is InChI=1S/C18H19N3OS/c19-18(23)15-7-3-4-8-16(15)20-17(22)12-21-10-9-13-5-1-2-6-14(13)11-21/h1-8H,9-12H2,(H2,19,23)(H,20,22). The van der Waals surface area contributed by atoms with Crippen molar-refractivity contribution < 1.29 is 4.79 Å². The van der Waals surface area contributed by atoms with Crippen LogP contribution in [0.4, 0.5) is 5.69 Å². The molecule has 3 N–H and O–H groups in total. The lowest BCUT2D eigenvalue weighted by atomic mass is 10.00. The van der Waals surface area contributed by atoms with E-state index in [0.29, 0.717) is 17.8 Å². The minimum absolute atomic E-state index is 0.0481. The van der Waals surface area contributed by atoms with E-state index in [1.807, 2.05) is 30.3 Å². The second-order valence-electron chi connectivity index (χ2n) is 5.69. The third-order valence-electron chi connectivity index (χ3n) is 4.04. The summed E-state index contributed by atoms with van der Waals surface area (Å²) in [7, 11) is 0. The third kappa shape index (κ3) is 3.75. The van der Waals surface area contributed by atoms with Gasteiger partial charge in [0.15, 0.2) is 0 Å². The highest BCUT2D eigenvalue weighted by Gasteiger charge is 2.18. The van der Waals surface area contributed by atoms with Crippen molar-refractivity contribution >= 4 is 28.8 Å². The molecule has 4 nitrogen and oxygen atoms in total. The van der Waals surface area contributed by atoms with Crippen LogP contribution in [0.1, 0.15) is 16.7 Å². The quantitative estimate of drug-likeness (QED) is 0.847. The molecular weight excluding hydrogens is 306 g/mol. The molecule has 0 atom stereocenters. The van der Waals surface area contributed by atoms with Gasteiger partial charge in [0.2, 0.25) is 5.91 Å². The highest BCUT2D eigenvalue weighted by molar-refractivity contribution is 7.80. The Hall–Kier alpha value is -2.24. The number of anilines is 1. The molecule has 118 valence electrons. The number of hydrogen-bond acceptors (Lipinski definition) is 3. The Kier molecular flexibility index (Phi) is 4.69. The normalized spacial score (nSPS) is 14.1. The van der Waals surface area contributed by atoms with Crippen molar-refractivity contribution in [3.05, 3.63) is 65.2 Å². The van der Waals surface area contributed by atoms with Gasteiger partial charge in [0.25, 0.3) is 0 Å². The smallest absolute Gasteiger partial charge is 0.238 e. The minimum atomic E-state index is -0.0481. The Labute approximate surface area is 141 Å². The molecule has 2 aromatic rings. The van der Waals surface area contributed by atoms with Gasteiger partial charge in [-0.15, -0.1) is 0 Å². The number of nitrogens with zero attached hydrogens (tertiary/aromatic N) is 1. The van der Waals surface area contributed by atoms with Crippen LogP contribution < -0.4 is 11.1 Å². The fourth-order valence-electron chi connectivity index (χ4n) is 2.89. The first-order valence-corrected chi connectivity index (χ1v) is 8.02.